The summed E-state index contributed by atoms with van der Waals surface area (Å²) in [6.45, 7) is 1.95. The van der Waals surface area contributed by atoms with Gasteiger partial charge in [0, 0.05) is 46.9 Å². The van der Waals surface area contributed by atoms with E-state index in [2.05, 4.69) is 15.0 Å². The average molecular weight is 388 g/mol. The first-order chi connectivity index (χ1) is 13.9. The van der Waals surface area contributed by atoms with E-state index in [1.54, 1.807) is 0 Å². The average Bonchev–Trinajstić information content (AvgIpc) is 3.05. The third-order valence-electron chi connectivity index (χ3n) is 6.38. The molecule has 0 bridgehead atoms. The molecule has 2 aliphatic rings. The van der Waals surface area contributed by atoms with Crippen molar-refractivity contribution in [2.45, 2.75) is 51.0 Å². The number of hydrogen-bond acceptors (Lipinski definition) is 4. The van der Waals surface area contributed by atoms with Gasteiger partial charge in [0.2, 0.25) is 0 Å². The standard InChI is InChI=1S/C23H24N4O2/c1-13-3-4-15(12-25-13)18-9-17-14(11-26-18)5-6-16-20(22(28)29)19(27-21(16)17)10-23(24)7-2-8-23/h3-4,9,11-12,27H,2,5-8,10,24H2,1H3,(H,28,29). The fraction of sp³-hybridized carbons (Fsp3) is 0.348. The number of nitrogens with zero attached hydrogens (tertiary/aromatic N) is 2. The monoisotopic (exact) mass is 388 g/mol. The van der Waals surface area contributed by atoms with Gasteiger partial charge < -0.3 is 15.8 Å². The highest BCUT2D eigenvalue weighted by Crippen LogP contribution is 2.40. The highest BCUT2D eigenvalue weighted by Gasteiger charge is 2.36. The maximum Gasteiger partial charge on any atom is 0.337 e. The molecule has 3 heterocycles. The van der Waals surface area contributed by atoms with Gasteiger partial charge in [-0.2, -0.15) is 0 Å². The SMILES string of the molecule is Cc1ccc(-c2cc3c(cn2)CCc2c-3[nH]c(CC3(N)CCC3)c2C(=O)O)cn1. The molecule has 0 aliphatic heterocycles. The van der Waals surface area contributed by atoms with E-state index in [9.17, 15) is 9.90 Å². The van der Waals surface area contributed by atoms with Crippen molar-refractivity contribution in [3.8, 4) is 22.5 Å². The van der Waals surface area contributed by atoms with Crippen LogP contribution in [0, 0.1) is 6.92 Å². The molecule has 1 fully saturated rings. The zero-order valence-corrected chi connectivity index (χ0v) is 16.5. The number of carboxylic acid groups (broad SMARTS) is 1. The van der Waals surface area contributed by atoms with Crippen LogP contribution in [0.1, 0.15) is 52.1 Å². The Morgan fingerprint density at radius 3 is 2.72 bits per heavy atom. The fourth-order valence-electron chi connectivity index (χ4n) is 4.58. The third kappa shape index (κ3) is 3.04. The van der Waals surface area contributed by atoms with E-state index in [0.717, 1.165) is 70.7 Å². The largest absolute Gasteiger partial charge is 0.478 e. The van der Waals surface area contributed by atoms with Gasteiger partial charge in [-0.15, -0.1) is 0 Å². The van der Waals surface area contributed by atoms with Crippen molar-refractivity contribution < 1.29 is 9.90 Å². The molecule has 0 radical (unpaired) electrons. The summed E-state index contributed by atoms with van der Waals surface area (Å²) < 4.78 is 0. The Bertz CT molecular complexity index is 1110. The minimum Gasteiger partial charge on any atom is -0.478 e. The van der Waals surface area contributed by atoms with E-state index in [4.69, 9.17) is 5.73 Å². The van der Waals surface area contributed by atoms with Crippen LogP contribution in [0.15, 0.2) is 30.6 Å². The summed E-state index contributed by atoms with van der Waals surface area (Å²) in [5, 5.41) is 9.92. The van der Waals surface area contributed by atoms with Crippen LogP contribution in [0.4, 0.5) is 0 Å². The number of rotatable bonds is 4. The summed E-state index contributed by atoms with van der Waals surface area (Å²) in [5.74, 6) is -0.874. The van der Waals surface area contributed by atoms with Crippen LogP contribution in [-0.4, -0.2) is 31.6 Å². The molecule has 0 aromatic carbocycles. The summed E-state index contributed by atoms with van der Waals surface area (Å²) in [5.41, 5.74) is 14.0. The molecule has 1 saturated carbocycles. The molecule has 148 valence electrons. The topological polar surface area (TPSA) is 105 Å². The summed E-state index contributed by atoms with van der Waals surface area (Å²) in [4.78, 5) is 24.5. The van der Waals surface area contributed by atoms with Gasteiger partial charge in [-0.3, -0.25) is 9.97 Å². The molecule has 6 heteroatoms. The molecule has 6 nitrogen and oxygen atoms in total. The lowest BCUT2D eigenvalue weighted by molar-refractivity contribution is 0.0694. The molecule has 0 saturated heterocycles. The van der Waals surface area contributed by atoms with Crippen molar-refractivity contribution in [2.24, 2.45) is 5.73 Å². The molecule has 0 atom stereocenters. The molecule has 0 spiro atoms. The first kappa shape index (κ1) is 18.1. The lowest BCUT2D eigenvalue weighted by Gasteiger charge is -2.38. The summed E-state index contributed by atoms with van der Waals surface area (Å²) >= 11 is 0. The van der Waals surface area contributed by atoms with Crippen LogP contribution < -0.4 is 5.73 Å². The number of nitrogens with one attached hydrogen (secondary N) is 1. The molecule has 3 aromatic heterocycles. The number of carbonyl (C=O) groups is 1. The predicted molar refractivity (Wildman–Crippen MR) is 111 cm³/mol. The Morgan fingerprint density at radius 2 is 2.07 bits per heavy atom. The Kier molecular flexibility index (Phi) is 4.06. The van der Waals surface area contributed by atoms with Gasteiger partial charge in [0.15, 0.2) is 0 Å². The van der Waals surface area contributed by atoms with Crippen molar-refractivity contribution in [3.05, 3.63) is 58.7 Å². The maximum atomic E-state index is 12.1. The van der Waals surface area contributed by atoms with Crippen LogP contribution >= 0.6 is 0 Å². The minimum atomic E-state index is -0.874. The number of hydrogen-bond donors (Lipinski definition) is 3. The first-order valence-corrected chi connectivity index (χ1v) is 10.1. The Labute approximate surface area is 169 Å². The van der Waals surface area contributed by atoms with Crippen molar-refractivity contribution in [1.82, 2.24) is 15.0 Å². The predicted octanol–water partition coefficient (Wildman–Crippen LogP) is 3.67. The molecule has 0 unspecified atom stereocenters. The van der Waals surface area contributed by atoms with E-state index >= 15 is 0 Å². The highest BCUT2D eigenvalue weighted by molar-refractivity contribution is 5.94. The third-order valence-corrected chi connectivity index (χ3v) is 6.38. The number of carboxylic acids is 1. The summed E-state index contributed by atoms with van der Waals surface area (Å²) in [6.07, 6.45) is 8.80. The van der Waals surface area contributed by atoms with E-state index < -0.39 is 5.97 Å². The number of aryl methyl sites for hydroxylation is 2. The first-order valence-electron chi connectivity index (χ1n) is 10.1. The van der Waals surface area contributed by atoms with Gasteiger partial charge in [-0.25, -0.2) is 4.79 Å². The van der Waals surface area contributed by atoms with Gasteiger partial charge in [0.05, 0.1) is 17.0 Å². The Balaban J connectivity index is 1.61. The molecular weight excluding hydrogens is 364 g/mol. The molecule has 0 amide bonds. The normalized spacial score (nSPS) is 16.6. The number of nitrogens with two attached hydrogens (primary N) is 1. The summed E-state index contributed by atoms with van der Waals surface area (Å²) in [6, 6.07) is 6.03. The van der Waals surface area contributed by atoms with E-state index in [0.29, 0.717) is 18.4 Å². The van der Waals surface area contributed by atoms with Gasteiger partial charge in [0.25, 0.3) is 0 Å². The second-order valence-corrected chi connectivity index (χ2v) is 8.44. The number of H-pyrrole nitrogens is 1. The number of pyridine rings is 2. The molecule has 3 aromatic rings. The van der Waals surface area contributed by atoms with E-state index in [1.807, 2.05) is 37.5 Å². The van der Waals surface area contributed by atoms with Crippen LogP contribution in [0.25, 0.3) is 22.5 Å². The molecular formula is C23H24N4O2. The lowest BCUT2D eigenvalue weighted by Crippen LogP contribution is -2.48. The second kappa shape index (κ2) is 6.52. The van der Waals surface area contributed by atoms with Crippen molar-refractivity contribution in [3.63, 3.8) is 0 Å². The number of fused-ring (bicyclic) bond motifs is 3. The minimum absolute atomic E-state index is 0.280. The van der Waals surface area contributed by atoms with Crippen LogP contribution in [0.3, 0.4) is 0 Å². The van der Waals surface area contributed by atoms with Gasteiger partial charge in [0.1, 0.15) is 0 Å². The molecule has 2 aliphatic carbocycles. The zero-order valence-electron chi connectivity index (χ0n) is 16.5. The quantitative estimate of drug-likeness (QED) is 0.632. The van der Waals surface area contributed by atoms with Gasteiger partial charge >= 0.3 is 5.97 Å². The Hall–Kier alpha value is -2.99. The lowest BCUT2D eigenvalue weighted by atomic mass is 9.74. The molecule has 5 rings (SSSR count). The fourth-order valence-corrected chi connectivity index (χ4v) is 4.58. The summed E-state index contributed by atoms with van der Waals surface area (Å²) in [7, 11) is 0. The maximum absolute atomic E-state index is 12.1. The van der Waals surface area contributed by atoms with Crippen LogP contribution in [0.5, 0.6) is 0 Å². The second-order valence-electron chi connectivity index (χ2n) is 8.44. The van der Waals surface area contributed by atoms with Crippen molar-refractivity contribution in [1.29, 1.82) is 0 Å². The number of aromatic carboxylic acids is 1. The smallest absolute Gasteiger partial charge is 0.337 e. The van der Waals surface area contributed by atoms with E-state index in [-0.39, 0.29) is 5.54 Å². The van der Waals surface area contributed by atoms with Crippen LogP contribution in [0.2, 0.25) is 0 Å². The van der Waals surface area contributed by atoms with Crippen molar-refractivity contribution >= 4 is 5.97 Å². The van der Waals surface area contributed by atoms with Crippen LogP contribution in [-0.2, 0) is 19.3 Å². The highest BCUT2D eigenvalue weighted by atomic mass is 16.4. The van der Waals surface area contributed by atoms with E-state index in [1.165, 1.54) is 0 Å². The van der Waals surface area contributed by atoms with Crippen molar-refractivity contribution in [2.75, 3.05) is 0 Å². The number of aromatic nitrogens is 3. The number of aromatic amines is 1. The molecule has 4 N–H and O–H groups in total. The molecule has 29 heavy (non-hydrogen) atoms. The Morgan fingerprint density at radius 1 is 1.24 bits per heavy atom. The zero-order chi connectivity index (χ0) is 20.2. The van der Waals surface area contributed by atoms with Gasteiger partial charge in [-0.1, -0.05) is 0 Å². The van der Waals surface area contributed by atoms with Gasteiger partial charge in [-0.05, 0) is 68.4 Å².